The van der Waals surface area contributed by atoms with E-state index in [1.54, 1.807) is 7.11 Å². The fourth-order valence-corrected chi connectivity index (χ4v) is 1.61. The van der Waals surface area contributed by atoms with Gasteiger partial charge in [-0.3, -0.25) is 0 Å². The molecule has 3 nitrogen and oxygen atoms in total. The lowest BCUT2D eigenvalue weighted by molar-refractivity contribution is 0.196. The van der Waals surface area contributed by atoms with Gasteiger partial charge in [-0.05, 0) is 19.9 Å². The van der Waals surface area contributed by atoms with Gasteiger partial charge in [0.2, 0.25) is 0 Å². The van der Waals surface area contributed by atoms with Gasteiger partial charge < -0.3 is 14.8 Å². The highest BCUT2D eigenvalue weighted by Gasteiger charge is 2.09. The van der Waals surface area contributed by atoms with Gasteiger partial charge in [0.25, 0.3) is 0 Å². The van der Waals surface area contributed by atoms with Crippen molar-refractivity contribution in [1.29, 1.82) is 0 Å². The van der Waals surface area contributed by atoms with Crippen LogP contribution in [0.2, 0.25) is 0 Å². The zero-order valence-corrected chi connectivity index (χ0v) is 10.3. The summed E-state index contributed by atoms with van der Waals surface area (Å²) in [6.45, 7) is 6.40. The Balaban J connectivity index is 2.62. The summed E-state index contributed by atoms with van der Waals surface area (Å²) in [5.74, 6) is 0.961. The number of hydrogen-bond acceptors (Lipinski definition) is 3. The normalized spacial score (nSPS) is 12.4. The third kappa shape index (κ3) is 3.83. The molecular weight excluding hydrogens is 202 g/mol. The Morgan fingerprint density at radius 2 is 2.06 bits per heavy atom. The third-order valence-electron chi connectivity index (χ3n) is 2.44. The van der Waals surface area contributed by atoms with Crippen LogP contribution < -0.4 is 10.1 Å². The van der Waals surface area contributed by atoms with Crippen LogP contribution in [-0.4, -0.2) is 26.9 Å². The average molecular weight is 223 g/mol. The van der Waals surface area contributed by atoms with Crippen LogP contribution >= 0.6 is 0 Å². The molecule has 90 valence electrons. The molecule has 0 aromatic heterocycles. The highest BCUT2D eigenvalue weighted by Crippen LogP contribution is 2.24. The van der Waals surface area contributed by atoms with E-state index in [1.165, 1.54) is 5.56 Å². The second-order valence-corrected chi connectivity index (χ2v) is 3.64. The summed E-state index contributed by atoms with van der Waals surface area (Å²) >= 11 is 0. The Labute approximate surface area is 97.8 Å². The molecule has 0 heterocycles. The first-order valence-corrected chi connectivity index (χ1v) is 5.73. The molecule has 0 aliphatic heterocycles. The van der Waals surface area contributed by atoms with Crippen LogP contribution in [0.25, 0.3) is 0 Å². The molecule has 1 N–H and O–H groups in total. The maximum Gasteiger partial charge on any atom is 0.124 e. The summed E-state index contributed by atoms with van der Waals surface area (Å²) in [4.78, 5) is 0. The number of nitrogens with one attached hydrogen (secondary N) is 1. The molecule has 0 bridgehead atoms. The fourth-order valence-electron chi connectivity index (χ4n) is 1.61. The van der Waals surface area contributed by atoms with Gasteiger partial charge >= 0.3 is 0 Å². The zero-order valence-electron chi connectivity index (χ0n) is 10.3. The highest BCUT2D eigenvalue weighted by molar-refractivity contribution is 5.35. The largest absolute Gasteiger partial charge is 0.494 e. The summed E-state index contributed by atoms with van der Waals surface area (Å²) in [7, 11) is 1.71. The third-order valence-corrected chi connectivity index (χ3v) is 2.44. The van der Waals surface area contributed by atoms with E-state index in [4.69, 9.17) is 9.47 Å². The molecule has 1 rings (SSSR count). The molecule has 0 saturated carbocycles. The predicted molar refractivity (Wildman–Crippen MR) is 65.9 cm³/mol. The molecule has 0 aliphatic carbocycles. The topological polar surface area (TPSA) is 30.5 Å². The van der Waals surface area contributed by atoms with E-state index in [2.05, 4.69) is 18.3 Å². The monoisotopic (exact) mass is 223 g/mol. The van der Waals surface area contributed by atoms with Crippen LogP contribution in [-0.2, 0) is 4.74 Å². The molecule has 1 atom stereocenters. The number of hydrogen-bond donors (Lipinski definition) is 1. The Bertz CT molecular complexity index is 302. The van der Waals surface area contributed by atoms with Crippen molar-refractivity contribution >= 4 is 0 Å². The van der Waals surface area contributed by atoms with Crippen LogP contribution in [0.5, 0.6) is 5.75 Å². The molecule has 0 saturated heterocycles. The summed E-state index contributed by atoms with van der Waals surface area (Å²) < 4.78 is 10.6. The van der Waals surface area contributed by atoms with E-state index in [0.29, 0.717) is 6.61 Å². The minimum atomic E-state index is 0.276. The van der Waals surface area contributed by atoms with E-state index in [-0.39, 0.29) is 6.04 Å². The second kappa shape index (κ2) is 7.25. The second-order valence-electron chi connectivity index (χ2n) is 3.64. The average Bonchev–Trinajstić information content (AvgIpc) is 2.30. The standard InChI is InChI=1S/C13H21NO2/c1-4-16-13-8-6-5-7-12(13)11(2)14-9-10-15-3/h5-8,11,14H,4,9-10H2,1-3H3/t11-/m1/s1. The number of rotatable bonds is 7. The summed E-state index contributed by atoms with van der Waals surface area (Å²) in [5, 5.41) is 3.39. The first-order chi connectivity index (χ1) is 7.79. The molecule has 0 radical (unpaired) electrons. The number of ether oxygens (including phenoxy) is 2. The van der Waals surface area contributed by atoms with Crippen molar-refractivity contribution in [2.24, 2.45) is 0 Å². The van der Waals surface area contributed by atoms with E-state index in [1.807, 2.05) is 25.1 Å². The first kappa shape index (κ1) is 13.0. The van der Waals surface area contributed by atoms with Gasteiger partial charge in [0.1, 0.15) is 5.75 Å². The zero-order chi connectivity index (χ0) is 11.8. The molecule has 1 aromatic carbocycles. The Morgan fingerprint density at radius 3 is 2.75 bits per heavy atom. The predicted octanol–water partition coefficient (Wildman–Crippen LogP) is 2.38. The van der Waals surface area contributed by atoms with Crippen LogP contribution in [0.1, 0.15) is 25.5 Å². The lowest BCUT2D eigenvalue weighted by Crippen LogP contribution is -2.23. The molecule has 16 heavy (non-hydrogen) atoms. The van der Waals surface area contributed by atoms with Gasteiger partial charge in [0.05, 0.1) is 13.2 Å². The Morgan fingerprint density at radius 1 is 1.31 bits per heavy atom. The summed E-state index contributed by atoms with van der Waals surface area (Å²) in [5.41, 5.74) is 1.19. The fraction of sp³-hybridized carbons (Fsp3) is 0.538. The molecule has 0 aliphatic rings. The van der Waals surface area contributed by atoms with Gasteiger partial charge in [0.15, 0.2) is 0 Å². The number of benzene rings is 1. The van der Waals surface area contributed by atoms with E-state index in [0.717, 1.165) is 18.9 Å². The van der Waals surface area contributed by atoms with Gasteiger partial charge in [-0.15, -0.1) is 0 Å². The molecule has 0 spiro atoms. The van der Waals surface area contributed by atoms with Crippen molar-refractivity contribution in [2.75, 3.05) is 26.9 Å². The molecule has 0 fully saturated rings. The Hall–Kier alpha value is -1.06. The van der Waals surface area contributed by atoms with Crippen LogP contribution in [0, 0.1) is 0 Å². The molecule has 0 amide bonds. The van der Waals surface area contributed by atoms with Crippen molar-refractivity contribution in [2.45, 2.75) is 19.9 Å². The van der Waals surface area contributed by atoms with Crippen LogP contribution in [0.4, 0.5) is 0 Å². The smallest absolute Gasteiger partial charge is 0.124 e. The molecule has 0 unspecified atom stereocenters. The van der Waals surface area contributed by atoms with Crippen molar-refractivity contribution < 1.29 is 9.47 Å². The Kier molecular flexibility index (Phi) is 5.90. The lowest BCUT2D eigenvalue weighted by Gasteiger charge is -2.17. The van der Waals surface area contributed by atoms with Crippen molar-refractivity contribution in [3.05, 3.63) is 29.8 Å². The van der Waals surface area contributed by atoms with E-state index < -0.39 is 0 Å². The molecular formula is C13H21NO2. The van der Waals surface area contributed by atoms with Gasteiger partial charge in [-0.25, -0.2) is 0 Å². The minimum Gasteiger partial charge on any atom is -0.494 e. The minimum absolute atomic E-state index is 0.276. The lowest BCUT2D eigenvalue weighted by atomic mass is 10.1. The van der Waals surface area contributed by atoms with Crippen molar-refractivity contribution in [1.82, 2.24) is 5.32 Å². The maximum absolute atomic E-state index is 5.59. The maximum atomic E-state index is 5.59. The van der Waals surface area contributed by atoms with Gasteiger partial charge in [0, 0.05) is 25.3 Å². The van der Waals surface area contributed by atoms with E-state index in [9.17, 15) is 0 Å². The first-order valence-electron chi connectivity index (χ1n) is 5.73. The SMILES string of the molecule is CCOc1ccccc1[C@@H](C)NCCOC. The van der Waals surface area contributed by atoms with Crippen LogP contribution in [0.3, 0.4) is 0 Å². The highest BCUT2D eigenvalue weighted by atomic mass is 16.5. The quantitative estimate of drug-likeness (QED) is 0.720. The van der Waals surface area contributed by atoms with Crippen molar-refractivity contribution in [3.63, 3.8) is 0 Å². The van der Waals surface area contributed by atoms with E-state index >= 15 is 0 Å². The summed E-state index contributed by atoms with van der Waals surface area (Å²) in [6.07, 6.45) is 0. The summed E-state index contributed by atoms with van der Waals surface area (Å²) in [6, 6.07) is 8.41. The molecule has 3 heteroatoms. The molecule has 1 aromatic rings. The number of para-hydroxylation sites is 1. The van der Waals surface area contributed by atoms with Gasteiger partial charge in [-0.2, -0.15) is 0 Å². The van der Waals surface area contributed by atoms with Crippen molar-refractivity contribution in [3.8, 4) is 5.75 Å². The van der Waals surface area contributed by atoms with Gasteiger partial charge in [-0.1, -0.05) is 18.2 Å². The van der Waals surface area contributed by atoms with Crippen LogP contribution in [0.15, 0.2) is 24.3 Å². The number of methoxy groups -OCH3 is 1.